The van der Waals surface area contributed by atoms with E-state index in [2.05, 4.69) is 263 Å². The molecule has 598 valence electrons. The van der Waals surface area contributed by atoms with Crippen LogP contribution in [0.4, 0.5) is 0 Å². The number of phenols is 1. The highest BCUT2D eigenvalue weighted by Crippen LogP contribution is 2.48. The second kappa shape index (κ2) is 32.6. The molecule has 0 radical (unpaired) electrons. The van der Waals surface area contributed by atoms with Crippen LogP contribution in [0, 0.1) is 0 Å². The number of ether oxygens (including phenoxy) is 6. The number of hydrogen-bond donors (Lipinski definition) is 1. The Morgan fingerprint density at radius 1 is 0.342 bits per heavy atom. The van der Waals surface area contributed by atoms with Crippen LogP contribution in [-0.4, -0.2) is 70.1 Å². The van der Waals surface area contributed by atoms with Crippen molar-refractivity contribution < 1.29 is 33.5 Å². The number of methoxy groups -OCH3 is 3. The van der Waals surface area contributed by atoms with Gasteiger partial charge in [-0.2, -0.15) is 0 Å². The molecule has 10 rings (SSSR count). The molecule has 0 amide bonds. The molecule has 12 nitrogen and oxygen atoms in total. The lowest BCUT2D eigenvalue weighted by Crippen LogP contribution is -2.30. The molecule has 7 aromatic carbocycles. The van der Waals surface area contributed by atoms with Crippen molar-refractivity contribution in [2.24, 2.45) is 14.1 Å². The zero-order valence-electron chi connectivity index (χ0n) is 73.7. The van der Waals surface area contributed by atoms with Gasteiger partial charge in [0.2, 0.25) is 0 Å². The van der Waals surface area contributed by atoms with Gasteiger partial charge in [-0.05, 0) is 168 Å². The summed E-state index contributed by atoms with van der Waals surface area (Å²) >= 11 is 0. The summed E-state index contributed by atoms with van der Waals surface area (Å²) in [6, 6.07) is 33.1. The Hall–Kier alpha value is -8.48. The summed E-state index contributed by atoms with van der Waals surface area (Å²) in [7, 11) is 9.57. The van der Waals surface area contributed by atoms with Crippen LogP contribution in [0.1, 0.15) is 308 Å². The molecule has 0 unspecified atom stereocenters. The summed E-state index contributed by atoms with van der Waals surface area (Å²) in [4.78, 5) is 12.1. The van der Waals surface area contributed by atoms with Crippen molar-refractivity contribution in [1.82, 2.24) is 24.0 Å². The molecule has 0 saturated carbocycles. The molecule has 2 heterocycles. The van der Waals surface area contributed by atoms with E-state index in [9.17, 15) is 5.11 Å². The number of benzene rings is 7. The van der Waals surface area contributed by atoms with Gasteiger partial charge in [-0.3, -0.25) is 4.90 Å². The fourth-order valence-electron chi connectivity index (χ4n) is 15.5. The van der Waals surface area contributed by atoms with Crippen molar-refractivity contribution in [1.29, 1.82) is 0 Å². The van der Waals surface area contributed by atoms with Crippen molar-refractivity contribution in [3.05, 3.63) is 238 Å². The van der Waals surface area contributed by atoms with Gasteiger partial charge in [-0.15, -0.1) is 0 Å². The molecule has 111 heavy (non-hydrogen) atoms. The summed E-state index contributed by atoms with van der Waals surface area (Å²) < 4.78 is 47.5. The maximum atomic E-state index is 12.3. The monoisotopic (exact) mass is 1510 g/mol. The summed E-state index contributed by atoms with van der Waals surface area (Å²) in [5.74, 6) is 7.00. The number of aromatic nitrogens is 4. The van der Waals surface area contributed by atoms with Gasteiger partial charge in [0.05, 0.1) is 21.3 Å². The van der Waals surface area contributed by atoms with E-state index >= 15 is 0 Å². The number of rotatable bonds is 17. The lowest BCUT2D eigenvalue weighted by atomic mass is 9.79. The SMILES string of the molecule is CCCN(CCOc1c2cc(C(C)(C)C)cc1Cc1cc(C(C)(C)C)cc(c1OC)Cc1cc(C(C)(C)C)cc(c1OCc1nccn1C)Cc1cc(C(C)(C)C)cc(c1OC)Cc1cc(C(C)(C)C)cc(c1OCc1nccn1C)Cc1cc(C(C)(C)C)cc(c1OC)C2)Cc1cc(C(C)(C)C)cc(C(C)(C)C)c1O. The first-order valence-electron chi connectivity index (χ1n) is 40.6. The average molecular weight is 1510 g/mol. The molecule has 2 aromatic heterocycles. The van der Waals surface area contributed by atoms with Gasteiger partial charge in [-0.25, -0.2) is 9.97 Å². The highest BCUT2D eigenvalue weighted by molar-refractivity contribution is 5.62. The molecule has 0 aliphatic heterocycles. The first-order chi connectivity index (χ1) is 51.6. The van der Waals surface area contributed by atoms with Crippen LogP contribution >= 0.6 is 0 Å². The summed E-state index contributed by atoms with van der Waals surface area (Å²) in [6.45, 7) is 60.2. The second-order valence-electron chi connectivity index (χ2n) is 40.1. The minimum absolute atomic E-state index is 0.123. The Bertz CT molecular complexity index is 4580. The average Bonchev–Trinajstić information content (AvgIpc) is 0.789. The van der Waals surface area contributed by atoms with Gasteiger partial charge >= 0.3 is 0 Å². The number of imidazole rings is 2. The van der Waals surface area contributed by atoms with Crippen molar-refractivity contribution in [2.45, 2.75) is 281 Å². The van der Waals surface area contributed by atoms with Crippen molar-refractivity contribution in [2.75, 3.05) is 41.0 Å². The molecule has 9 aromatic rings. The number of nitrogens with zero attached hydrogens (tertiary/aromatic N) is 5. The van der Waals surface area contributed by atoms with E-state index in [4.69, 9.17) is 38.4 Å². The van der Waals surface area contributed by atoms with Crippen LogP contribution < -0.4 is 28.4 Å². The number of aryl methyl sites for hydroxylation is 2. The fourth-order valence-corrected chi connectivity index (χ4v) is 15.5. The predicted octanol–water partition coefficient (Wildman–Crippen LogP) is 22.6. The normalized spacial score (nSPS) is 13.6. The number of phenolic OH excluding ortho intramolecular Hbond substituents is 1. The van der Waals surface area contributed by atoms with Crippen molar-refractivity contribution >= 4 is 0 Å². The highest BCUT2D eigenvalue weighted by atomic mass is 16.5. The van der Waals surface area contributed by atoms with Crippen LogP contribution in [0.5, 0.6) is 40.2 Å². The van der Waals surface area contributed by atoms with Gasteiger partial charge in [0.1, 0.15) is 71.7 Å². The first-order valence-corrected chi connectivity index (χ1v) is 40.6. The Labute approximate surface area is 668 Å². The van der Waals surface area contributed by atoms with Crippen LogP contribution in [0.25, 0.3) is 0 Å². The molecule has 1 N–H and O–H groups in total. The third-order valence-electron chi connectivity index (χ3n) is 22.5. The third-order valence-corrected chi connectivity index (χ3v) is 22.5. The fraction of sp³-hybridized carbons (Fsp3) is 0.515. The minimum Gasteiger partial charge on any atom is -0.507 e. The Balaban J connectivity index is 1.31. The molecule has 0 saturated heterocycles. The Kier molecular flexibility index (Phi) is 24.9. The standard InChI is InChI=1S/C99H135N5O7/c1-31-34-104(59-74-57-81(98(20,21)22)58-82(85(74)105)99(23,24)25)37-38-109-89-68-39-62-45-75(92(2,3)4)47-64(86(62)106-28)41-70-53-79(96(14,15)16)55-72(90(70)110-60-83-100-32-35-102(83)26)43-66-49-77(94(8,9)10)50-67(88(66)108-30)44-73-56-80(97(17,18)19)54-71(91(73)111-61-84-101-33-36-103(84)27)42-65-48-76(93(5,6)7)46-63(87(65)107-29)40-69(89)52-78(51-68)95(11,12)13/h32-33,35-36,45-58,105H,31,34,37-44,59-61H2,1-30H3. The van der Waals surface area contributed by atoms with E-state index in [0.29, 0.717) is 64.0 Å². The molecule has 12 bridgehead atoms. The van der Waals surface area contributed by atoms with Gasteiger partial charge in [0, 0.05) is 96.1 Å². The van der Waals surface area contributed by atoms with Crippen LogP contribution in [-0.2, 0) is 116 Å². The smallest absolute Gasteiger partial charge is 0.146 e. The van der Waals surface area contributed by atoms with Gasteiger partial charge < -0.3 is 42.7 Å². The van der Waals surface area contributed by atoms with E-state index in [1.54, 1.807) is 0 Å². The predicted molar refractivity (Wildman–Crippen MR) is 459 cm³/mol. The molecule has 0 spiro atoms. The summed E-state index contributed by atoms with van der Waals surface area (Å²) in [6.07, 6.45) is 11.6. The van der Waals surface area contributed by atoms with E-state index in [-0.39, 0.29) is 56.5 Å². The van der Waals surface area contributed by atoms with Crippen LogP contribution in [0.2, 0.25) is 0 Å². The molecular formula is C99H135N5O7. The highest BCUT2D eigenvalue weighted by Gasteiger charge is 2.33. The van der Waals surface area contributed by atoms with Crippen molar-refractivity contribution in [3.63, 3.8) is 0 Å². The lowest BCUT2D eigenvalue weighted by molar-refractivity contribution is 0.199. The largest absolute Gasteiger partial charge is 0.507 e. The van der Waals surface area contributed by atoms with Crippen LogP contribution in [0.3, 0.4) is 0 Å². The van der Waals surface area contributed by atoms with Gasteiger partial charge in [-0.1, -0.05) is 258 Å². The van der Waals surface area contributed by atoms with Gasteiger partial charge in [0.15, 0.2) is 0 Å². The lowest BCUT2D eigenvalue weighted by Gasteiger charge is -2.30. The Morgan fingerprint density at radius 2 is 0.595 bits per heavy atom. The van der Waals surface area contributed by atoms with Crippen LogP contribution in [0.15, 0.2) is 110 Å². The number of aromatic hydroxyl groups is 1. The van der Waals surface area contributed by atoms with E-state index in [1.807, 2.05) is 69.3 Å². The quantitative estimate of drug-likeness (QED) is 0.0945. The van der Waals surface area contributed by atoms with E-state index < -0.39 is 0 Å². The molecule has 0 atom stereocenters. The maximum absolute atomic E-state index is 12.3. The van der Waals surface area contributed by atoms with Gasteiger partial charge in [0.25, 0.3) is 0 Å². The number of hydrogen-bond acceptors (Lipinski definition) is 10. The maximum Gasteiger partial charge on any atom is 0.146 e. The summed E-state index contributed by atoms with van der Waals surface area (Å²) in [5, 5.41) is 12.3. The van der Waals surface area contributed by atoms with E-state index in [0.717, 1.165) is 137 Å². The summed E-state index contributed by atoms with van der Waals surface area (Å²) in [5.41, 5.74) is 21.1. The third kappa shape index (κ3) is 19.9. The molecule has 0 fully saturated rings. The number of fused-ring (bicyclic) bond motifs is 12. The Morgan fingerprint density at radius 3 is 0.820 bits per heavy atom. The zero-order chi connectivity index (χ0) is 81.6. The zero-order valence-corrected chi connectivity index (χ0v) is 73.7. The molecular weight excluding hydrogens is 1370 g/mol. The second-order valence-corrected chi connectivity index (χ2v) is 40.1. The van der Waals surface area contributed by atoms with E-state index in [1.165, 1.54) is 38.9 Å². The van der Waals surface area contributed by atoms with Crippen molar-refractivity contribution in [3.8, 4) is 40.2 Å². The molecule has 12 heteroatoms. The molecule has 1 aliphatic rings. The molecule has 1 aliphatic carbocycles. The minimum atomic E-state index is -0.274. The topological polar surface area (TPSA) is 114 Å². The first kappa shape index (κ1) is 85.0.